The molecule has 7 aromatic carbocycles. The quantitative estimate of drug-likeness (QED) is 0.0965. The summed E-state index contributed by atoms with van der Waals surface area (Å²) < 4.78 is 2.18. The Hall–Kier alpha value is -6.46. The molecule has 0 N–H and O–H groups in total. The SMILES string of the molecule is CC(C)c1cc(C(C)C)c(B2c3ccccc3N(c3ccc(-c4ccccc4)cc3)c3cc4c(=O)c5ccccc5n5c6ccccc6c(=O)c(c32)c45)c(C(C)C)c1. The average Bonchev–Trinajstić information content (AvgIpc) is 3.25. The van der Waals surface area contributed by atoms with Gasteiger partial charge in [-0.25, -0.2) is 0 Å². The van der Waals surface area contributed by atoms with Crippen molar-refractivity contribution in [3.63, 3.8) is 0 Å². The van der Waals surface area contributed by atoms with Gasteiger partial charge in [0.2, 0.25) is 6.71 Å². The van der Waals surface area contributed by atoms with E-state index in [4.69, 9.17) is 0 Å². The van der Waals surface area contributed by atoms with Crippen LogP contribution in [-0.2, 0) is 0 Å². The molecular formula is C53H45BN2O2. The van der Waals surface area contributed by atoms with Crippen molar-refractivity contribution < 1.29 is 0 Å². The molecule has 1 aliphatic rings. The molecule has 0 saturated heterocycles. The number of hydrogen-bond donors (Lipinski definition) is 0. The maximum Gasteiger partial charge on any atom is 0.248 e. The normalized spacial score (nSPS) is 12.8. The summed E-state index contributed by atoms with van der Waals surface area (Å²) in [5, 5.41) is 2.42. The molecule has 0 radical (unpaired) electrons. The van der Waals surface area contributed by atoms with Gasteiger partial charge in [0.1, 0.15) is 0 Å². The monoisotopic (exact) mass is 752 g/mol. The first-order valence-corrected chi connectivity index (χ1v) is 20.6. The minimum absolute atomic E-state index is 0.0492. The Balaban J connectivity index is 1.43. The third kappa shape index (κ3) is 5.29. The highest BCUT2D eigenvalue weighted by atomic mass is 16.1. The van der Waals surface area contributed by atoms with Crippen molar-refractivity contribution in [1.29, 1.82) is 0 Å². The van der Waals surface area contributed by atoms with Gasteiger partial charge in [-0.2, -0.15) is 0 Å². The number of rotatable bonds is 6. The average molecular weight is 753 g/mol. The summed E-state index contributed by atoms with van der Waals surface area (Å²) in [6.07, 6.45) is 0. The summed E-state index contributed by atoms with van der Waals surface area (Å²) in [5.74, 6) is 0.802. The number of benzene rings is 7. The highest BCUT2D eigenvalue weighted by molar-refractivity contribution is 7.00. The molecule has 58 heavy (non-hydrogen) atoms. The van der Waals surface area contributed by atoms with Crippen molar-refractivity contribution in [3.05, 3.63) is 183 Å². The molecule has 0 bridgehead atoms. The molecule has 0 amide bonds. The number of para-hydroxylation sites is 3. The summed E-state index contributed by atoms with van der Waals surface area (Å²) in [7, 11) is 0. The highest BCUT2D eigenvalue weighted by Crippen LogP contribution is 2.41. The smallest absolute Gasteiger partial charge is 0.248 e. The number of nitrogens with zero attached hydrogens (tertiary/aromatic N) is 2. The molecule has 5 heteroatoms. The second-order valence-corrected chi connectivity index (χ2v) is 16.9. The standard InChI is InChI=1S/C53H45BN2O2/c1-31(2)36-28-40(32(3)4)49(41(29-36)33(5)6)54-43-20-12-15-23-46(43)55(37-26-24-35(25-27-37)34-16-8-7-9-17-34)47-30-42-51-48(50(47)54)53(58)39-19-11-14-22-45(39)56(51)44-21-13-10-18-38(44)52(42)57/h7-33H,1-6H3. The van der Waals surface area contributed by atoms with Crippen LogP contribution in [0.15, 0.2) is 155 Å². The zero-order valence-corrected chi connectivity index (χ0v) is 33.9. The van der Waals surface area contributed by atoms with Gasteiger partial charge >= 0.3 is 0 Å². The Kier molecular flexibility index (Phi) is 8.42. The zero-order valence-electron chi connectivity index (χ0n) is 33.9. The molecule has 0 aliphatic carbocycles. The number of pyridine rings is 2. The fourth-order valence-electron chi connectivity index (χ4n) is 9.73. The lowest BCUT2D eigenvalue weighted by Crippen LogP contribution is -2.60. The number of fused-ring (bicyclic) bond motifs is 7. The Labute approximate surface area is 339 Å². The second kappa shape index (κ2) is 13.6. The van der Waals surface area contributed by atoms with E-state index in [2.05, 4.69) is 142 Å². The van der Waals surface area contributed by atoms with E-state index in [0.29, 0.717) is 33.0 Å². The van der Waals surface area contributed by atoms with Gasteiger partial charge in [-0.05, 0) is 105 Å². The molecule has 0 saturated carbocycles. The molecule has 0 unspecified atom stereocenters. The Morgan fingerprint density at radius 2 is 1.03 bits per heavy atom. The van der Waals surface area contributed by atoms with Gasteiger partial charge in [0.15, 0.2) is 10.9 Å². The lowest BCUT2D eigenvalue weighted by Gasteiger charge is -2.39. The molecule has 4 nitrogen and oxygen atoms in total. The van der Waals surface area contributed by atoms with E-state index < -0.39 is 0 Å². The largest absolute Gasteiger partial charge is 0.311 e. The molecule has 0 fully saturated rings. The van der Waals surface area contributed by atoms with E-state index in [0.717, 1.165) is 50.1 Å². The van der Waals surface area contributed by atoms with Gasteiger partial charge in [-0.15, -0.1) is 0 Å². The fraction of sp³-hybridized carbons (Fsp3) is 0.170. The van der Waals surface area contributed by atoms with Crippen molar-refractivity contribution in [3.8, 4) is 11.1 Å². The molecule has 282 valence electrons. The molecule has 2 aromatic heterocycles. The van der Waals surface area contributed by atoms with Crippen LogP contribution in [0.1, 0.15) is 76.0 Å². The summed E-state index contributed by atoms with van der Waals surface area (Å²) in [4.78, 5) is 32.8. The van der Waals surface area contributed by atoms with Crippen molar-refractivity contribution in [1.82, 2.24) is 4.40 Å². The van der Waals surface area contributed by atoms with Crippen LogP contribution in [0.5, 0.6) is 0 Å². The van der Waals surface area contributed by atoms with Gasteiger partial charge in [-0.1, -0.05) is 144 Å². The minimum Gasteiger partial charge on any atom is -0.311 e. The van der Waals surface area contributed by atoms with E-state index in [1.54, 1.807) is 0 Å². The third-order valence-electron chi connectivity index (χ3n) is 12.5. The van der Waals surface area contributed by atoms with Gasteiger partial charge in [-0.3, -0.25) is 9.59 Å². The Morgan fingerprint density at radius 1 is 0.483 bits per heavy atom. The molecule has 3 heterocycles. The van der Waals surface area contributed by atoms with Crippen molar-refractivity contribution in [2.24, 2.45) is 0 Å². The third-order valence-corrected chi connectivity index (χ3v) is 12.5. The molecule has 1 aliphatic heterocycles. The van der Waals surface area contributed by atoms with E-state index >= 15 is 4.79 Å². The fourth-order valence-corrected chi connectivity index (χ4v) is 9.73. The van der Waals surface area contributed by atoms with E-state index in [-0.39, 0.29) is 29.4 Å². The van der Waals surface area contributed by atoms with Gasteiger partial charge in [0.05, 0.1) is 16.6 Å². The van der Waals surface area contributed by atoms with E-state index in [1.165, 1.54) is 22.2 Å². The topological polar surface area (TPSA) is 41.8 Å². The van der Waals surface area contributed by atoms with Crippen molar-refractivity contribution >= 4 is 78.3 Å². The molecule has 9 aromatic rings. The molecular weight excluding hydrogens is 707 g/mol. The van der Waals surface area contributed by atoms with Gasteiger partial charge in [0, 0.05) is 38.6 Å². The number of hydrogen-bond acceptors (Lipinski definition) is 3. The van der Waals surface area contributed by atoms with Crippen LogP contribution in [0, 0.1) is 0 Å². The summed E-state index contributed by atoms with van der Waals surface area (Å²) >= 11 is 0. The number of aromatic nitrogens is 1. The Bertz CT molecular complexity index is 3160. The summed E-state index contributed by atoms with van der Waals surface area (Å²) in [6.45, 7) is 13.4. The first kappa shape index (κ1) is 35.9. The lowest BCUT2D eigenvalue weighted by molar-refractivity contribution is 0.812. The van der Waals surface area contributed by atoms with E-state index in [1.807, 2.05) is 54.6 Å². The van der Waals surface area contributed by atoms with Gasteiger partial charge < -0.3 is 9.30 Å². The predicted molar refractivity (Wildman–Crippen MR) is 247 cm³/mol. The maximum atomic E-state index is 15.6. The van der Waals surface area contributed by atoms with Crippen LogP contribution < -0.4 is 32.1 Å². The second-order valence-electron chi connectivity index (χ2n) is 16.9. The highest BCUT2D eigenvalue weighted by Gasteiger charge is 2.41. The maximum absolute atomic E-state index is 15.6. The first-order chi connectivity index (χ1) is 28.1. The first-order valence-electron chi connectivity index (χ1n) is 20.6. The van der Waals surface area contributed by atoms with Crippen LogP contribution in [0.4, 0.5) is 17.1 Å². The lowest BCUT2D eigenvalue weighted by atomic mass is 9.32. The minimum atomic E-state index is -0.286. The van der Waals surface area contributed by atoms with Crippen molar-refractivity contribution in [2.75, 3.05) is 4.90 Å². The molecule has 10 rings (SSSR count). The van der Waals surface area contributed by atoms with Crippen LogP contribution in [0.3, 0.4) is 0 Å². The number of anilines is 3. The van der Waals surface area contributed by atoms with Crippen LogP contribution in [-0.4, -0.2) is 11.1 Å². The Morgan fingerprint density at radius 3 is 1.66 bits per heavy atom. The van der Waals surface area contributed by atoms with Crippen LogP contribution in [0.25, 0.3) is 49.2 Å². The zero-order chi connectivity index (χ0) is 40.0. The summed E-state index contributed by atoms with van der Waals surface area (Å²) in [5.41, 5.74) is 14.6. The molecule has 0 atom stereocenters. The van der Waals surface area contributed by atoms with E-state index in [9.17, 15) is 4.79 Å². The van der Waals surface area contributed by atoms with Gasteiger partial charge in [0.25, 0.3) is 0 Å². The molecule has 0 spiro atoms. The van der Waals surface area contributed by atoms with Crippen molar-refractivity contribution in [2.45, 2.75) is 59.3 Å². The van der Waals surface area contributed by atoms with Crippen LogP contribution >= 0.6 is 0 Å². The predicted octanol–water partition coefficient (Wildman–Crippen LogP) is 10.9. The summed E-state index contributed by atoms with van der Waals surface area (Å²) in [6, 6.07) is 50.5. The van der Waals surface area contributed by atoms with Crippen LogP contribution in [0.2, 0.25) is 0 Å².